The zero-order valence-electron chi connectivity index (χ0n) is 20.7. The number of aromatic amines is 1. The fraction of sp³-hybridized carbons (Fsp3) is 0.556. The van der Waals surface area contributed by atoms with Gasteiger partial charge in [-0.25, -0.2) is 20.1 Å². The molecule has 3 saturated carbocycles. The number of nitrogens with one attached hydrogen (secondary N) is 1. The van der Waals surface area contributed by atoms with Crippen molar-refractivity contribution in [2.45, 2.75) is 83.7 Å². The van der Waals surface area contributed by atoms with Crippen LogP contribution in [0, 0.1) is 5.92 Å². The van der Waals surface area contributed by atoms with Gasteiger partial charge in [-0.05, 0) is 78.2 Å². The van der Waals surface area contributed by atoms with Crippen LogP contribution in [0.2, 0.25) is 0 Å². The summed E-state index contributed by atoms with van der Waals surface area (Å²) in [5, 5.41) is 3.54. The Bertz CT molecular complexity index is 1100. The van der Waals surface area contributed by atoms with E-state index in [1.165, 1.54) is 44.3 Å². The molecule has 0 amide bonds. The molecule has 33 heavy (non-hydrogen) atoms. The van der Waals surface area contributed by atoms with E-state index in [4.69, 9.17) is 4.98 Å². The molecule has 6 rings (SSSR count). The first-order valence-electron chi connectivity index (χ1n) is 12.5. The monoisotopic (exact) mass is 445 g/mol. The number of aryl methyl sites for hydroxylation is 1. The molecule has 2 bridgehead atoms. The van der Waals surface area contributed by atoms with Crippen molar-refractivity contribution < 1.29 is 4.68 Å². The van der Waals surface area contributed by atoms with Crippen LogP contribution < -0.4 is 9.58 Å². The minimum atomic E-state index is 0.170. The summed E-state index contributed by atoms with van der Waals surface area (Å²) in [6, 6.07) is 11.6. The second-order valence-corrected chi connectivity index (χ2v) is 10.7. The number of anilines is 1. The normalized spacial score (nSPS) is 22.3. The predicted molar refractivity (Wildman–Crippen MR) is 132 cm³/mol. The molecular formula is C27H37N6+. The molecule has 1 N–H and O–H groups in total. The first-order chi connectivity index (χ1) is 15.9. The van der Waals surface area contributed by atoms with Crippen LogP contribution in [-0.4, -0.2) is 32.1 Å². The number of aromatic nitrogens is 5. The second kappa shape index (κ2) is 8.54. The van der Waals surface area contributed by atoms with Crippen LogP contribution >= 0.6 is 0 Å². The molecule has 3 aliphatic rings. The standard InChI is InChI=1S/C27H36N6/c1-18(2)33(19(3)4)24-16-23(31-32(24)5)21-7-6-8-22(15-21)25-28-17-29-26(30-25)27-12-9-20(10-13-27)11-14-27/h6-8,15-20H,9-14H2,1-5H3/p+1. The zero-order chi connectivity index (χ0) is 23.2. The van der Waals surface area contributed by atoms with Crippen LogP contribution in [-0.2, 0) is 12.5 Å². The average Bonchev–Trinajstić information content (AvgIpc) is 3.21. The smallest absolute Gasteiger partial charge is 0.256 e. The average molecular weight is 446 g/mol. The largest absolute Gasteiger partial charge is 0.297 e. The van der Waals surface area contributed by atoms with Crippen molar-refractivity contribution in [3.05, 3.63) is 42.5 Å². The molecule has 174 valence electrons. The summed E-state index contributed by atoms with van der Waals surface area (Å²) >= 11 is 0. The van der Waals surface area contributed by atoms with Crippen molar-refractivity contribution in [3.63, 3.8) is 0 Å². The van der Waals surface area contributed by atoms with Crippen LogP contribution in [0.25, 0.3) is 22.6 Å². The van der Waals surface area contributed by atoms with Gasteiger partial charge in [-0.15, -0.1) is 0 Å². The number of rotatable bonds is 6. The number of fused-ring (bicyclic) bond motifs is 3. The van der Waals surface area contributed by atoms with Crippen molar-refractivity contribution >= 4 is 5.82 Å². The predicted octanol–water partition coefficient (Wildman–Crippen LogP) is 5.20. The van der Waals surface area contributed by atoms with Gasteiger partial charge in [-0.3, -0.25) is 4.90 Å². The van der Waals surface area contributed by atoms with Crippen molar-refractivity contribution in [2.75, 3.05) is 4.90 Å². The summed E-state index contributed by atoms with van der Waals surface area (Å²) in [5.74, 6) is 3.91. The van der Waals surface area contributed by atoms with Crippen molar-refractivity contribution in [2.24, 2.45) is 13.0 Å². The van der Waals surface area contributed by atoms with Gasteiger partial charge in [-0.2, -0.15) is 4.68 Å². The fourth-order valence-corrected chi connectivity index (χ4v) is 6.12. The lowest BCUT2D eigenvalue weighted by atomic mass is 9.60. The highest BCUT2D eigenvalue weighted by Gasteiger charge is 2.43. The van der Waals surface area contributed by atoms with Crippen molar-refractivity contribution in [3.8, 4) is 22.6 Å². The Labute approximate surface area is 197 Å². The maximum absolute atomic E-state index is 5.02. The van der Waals surface area contributed by atoms with Gasteiger partial charge in [0.2, 0.25) is 0 Å². The van der Waals surface area contributed by atoms with E-state index >= 15 is 0 Å². The van der Waals surface area contributed by atoms with E-state index in [0.29, 0.717) is 12.1 Å². The van der Waals surface area contributed by atoms with Gasteiger partial charge in [0.1, 0.15) is 19.2 Å². The van der Waals surface area contributed by atoms with E-state index in [9.17, 15) is 0 Å². The summed E-state index contributed by atoms with van der Waals surface area (Å²) in [4.78, 5) is 16.7. The summed E-state index contributed by atoms with van der Waals surface area (Å²) in [7, 11) is 2.08. The lowest BCUT2D eigenvalue weighted by Gasteiger charge is -2.45. The topological polar surface area (TPSA) is 61.6 Å². The van der Waals surface area contributed by atoms with Crippen LogP contribution in [0.4, 0.5) is 5.82 Å². The molecule has 6 nitrogen and oxygen atoms in total. The SMILES string of the molecule is CC(C)N(c1cc(-c2cccc(-c3ncnc(C45CCC(CC4)CC5)n3)c2)[nH][n+]1C)C(C)C. The number of hydrogen-bond donors (Lipinski definition) is 1. The molecule has 0 spiro atoms. The Kier molecular flexibility index (Phi) is 5.71. The van der Waals surface area contributed by atoms with Crippen molar-refractivity contribution in [1.29, 1.82) is 0 Å². The molecule has 0 radical (unpaired) electrons. The Balaban J connectivity index is 1.47. The summed E-state index contributed by atoms with van der Waals surface area (Å²) in [5.41, 5.74) is 3.45. The highest BCUT2D eigenvalue weighted by atomic mass is 15.4. The number of H-pyrrole nitrogens is 1. The molecule has 0 unspecified atom stereocenters. The molecule has 0 atom stereocenters. The van der Waals surface area contributed by atoms with Gasteiger partial charge >= 0.3 is 0 Å². The Morgan fingerprint density at radius 2 is 1.64 bits per heavy atom. The second-order valence-electron chi connectivity index (χ2n) is 10.7. The highest BCUT2D eigenvalue weighted by Crippen LogP contribution is 2.50. The molecular weight excluding hydrogens is 408 g/mol. The van der Waals surface area contributed by atoms with E-state index in [0.717, 1.165) is 34.4 Å². The first kappa shape index (κ1) is 22.1. The van der Waals surface area contributed by atoms with Crippen LogP contribution in [0.3, 0.4) is 0 Å². The van der Waals surface area contributed by atoms with Crippen LogP contribution in [0.15, 0.2) is 36.7 Å². The third kappa shape index (κ3) is 4.04. The third-order valence-corrected chi connectivity index (χ3v) is 7.85. The van der Waals surface area contributed by atoms with Gasteiger partial charge in [0.25, 0.3) is 5.82 Å². The lowest BCUT2D eigenvalue weighted by Crippen LogP contribution is -2.45. The van der Waals surface area contributed by atoms with Gasteiger partial charge < -0.3 is 0 Å². The Hall–Kier alpha value is -2.76. The Morgan fingerprint density at radius 3 is 2.30 bits per heavy atom. The minimum absolute atomic E-state index is 0.170. The molecule has 1 aromatic carbocycles. The lowest BCUT2D eigenvalue weighted by molar-refractivity contribution is -0.714. The zero-order valence-corrected chi connectivity index (χ0v) is 20.7. The summed E-state index contributed by atoms with van der Waals surface area (Å²) < 4.78 is 2.11. The fourth-order valence-electron chi connectivity index (χ4n) is 6.12. The van der Waals surface area contributed by atoms with Gasteiger partial charge in [0, 0.05) is 16.5 Å². The molecule has 3 fully saturated rings. The van der Waals surface area contributed by atoms with E-state index < -0.39 is 0 Å². The molecule has 3 aliphatic carbocycles. The Morgan fingerprint density at radius 1 is 0.970 bits per heavy atom. The van der Waals surface area contributed by atoms with E-state index in [1.54, 1.807) is 6.33 Å². The maximum Gasteiger partial charge on any atom is 0.297 e. The first-order valence-corrected chi connectivity index (χ1v) is 12.5. The van der Waals surface area contributed by atoms with Crippen LogP contribution in [0.1, 0.15) is 72.0 Å². The summed E-state index contributed by atoms with van der Waals surface area (Å²) in [6.45, 7) is 8.96. The molecule has 0 saturated heterocycles. The number of benzene rings is 1. The molecule has 2 aromatic heterocycles. The van der Waals surface area contributed by atoms with E-state index in [2.05, 4.69) is 89.7 Å². The van der Waals surface area contributed by atoms with Crippen LogP contribution in [0.5, 0.6) is 0 Å². The summed E-state index contributed by atoms with van der Waals surface area (Å²) in [6.07, 6.45) is 9.38. The molecule has 2 heterocycles. The molecule has 0 aliphatic heterocycles. The van der Waals surface area contributed by atoms with E-state index in [-0.39, 0.29) is 5.41 Å². The quantitative estimate of drug-likeness (QED) is 0.530. The van der Waals surface area contributed by atoms with Gasteiger partial charge in [0.15, 0.2) is 5.82 Å². The third-order valence-electron chi connectivity index (χ3n) is 7.85. The van der Waals surface area contributed by atoms with E-state index in [1.807, 2.05) is 0 Å². The molecule has 3 aromatic rings. The minimum Gasteiger partial charge on any atom is -0.256 e. The van der Waals surface area contributed by atoms with Gasteiger partial charge in [-0.1, -0.05) is 18.2 Å². The molecule has 6 heteroatoms. The number of hydrogen-bond acceptors (Lipinski definition) is 4. The highest BCUT2D eigenvalue weighted by molar-refractivity contribution is 5.69. The maximum atomic E-state index is 5.02. The van der Waals surface area contributed by atoms with Gasteiger partial charge in [0.05, 0.1) is 23.8 Å². The number of nitrogens with zero attached hydrogens (tertiary/aromatic N) is 5. The van der Waals surface area contributed by atoms with Crippen molar-refractivity contribution in [1.82, 2.24) is 20.1 Å².